The summed E-state index contributed by atoms with van der Waals surface area (Å²) >= 11 is 0. The van der Waals surface area contributed by atoms with E-state index in [9.17, 15) is 13.5 Å². The Hall–Kier alpha value is -0.170. The Morgan fingerprint density at radius 3 is 2.61 bits per heavy atom. The van der Waals surface area contributed by atoms with Gasteiger partial charge >= 0.3 is 0 Å². The number of nitrogens with zero attached hydrogens (tertiary/aromatic N) is 2. The molecule has 6 heteroatoms. The Kier molecular flexibility index (Phi) is 4.64. The zero-order chi connectivity index (χ0) is 13.2. The van der Waals surface area contributed by atoms with Gasteiger partial charge in [-0.3, -0.25) is 0 Å². The Bertz CT molecular complexity index is 372. The summed E-state index contributed by atoms with van der Waals surface area (Å²) in [7, 11) is -3.37. The molecule has 0 spiro atoms. The Morgan fingerprint density at radius 1 is 1.17 bits per heavy atom. The van der Waals surface area contributed by atoms with Gasteiger partial charge in [0.1, 0.15) is 0 Å². The van der Waals surface area contributed by atoms with Gasteiger partial charge in [-0.15, -0.1) is 0 Å². The first-order valence-corrected chi connectivity index (χ1v) is 8.33. The fourth-order valence-corrected chi connectivity index (χ4v) is 4.97. The molecule has 0 aromatic carbocycles. The first-order chi connectivity index (χ1) is 8.55. The van der Waals surface area contributed by atoms with Crippen LogP contribution in [-0.2, 0) is 10.2 Å². The summed E-state index contributed by atoms with van der Waals surface area (Å²) in [5.74, 6) is 0.436. The zero-order valence-electron chi connectivity index (χ0n) is 11.1. The highest BCUT2D eigenvalue weighted by atomic mass is 32.2. The molecule has 0 aromatic rings. The zero-order valence-corrected chi connectivity index (χ0v) is 11.9. The number of aliphatic hydroxyl groups excluding tert-OH is 1. The lowest BCUT2D eigenvalue weighted by molar-refractivity contribution is 0.143. The molecule has 18 heavy (non-hydrogen) atoms. The molecule has 2 fully saturated rings. The van der Waals surface area contributed by atoms with Gasteiger partial charge in [0.15, 0.2) is 0 Å². The maximum Gasteiger partial charge on any atom is 0.282 e. The van der Waals surface area contributed by atoms with Crippen LogP contribution in [0.5, 0.6) is 0 Å². The molecule has 2 saturated heterocycles. The van der Waals surface area contributed by atoms with Gasteiger partial charge in [0.25, 0.3) is 10.2 Å². The fraction of sp³-hybridized carbons (Fsp3) is 1.00. The van der Waals surface area contributed by atoms with Crippen molar-refractivity contribution in [3.8, 4) is 0 Å². The second kappa shape index (κ2) is 5.86. The molecule has 0 aromatic heterocycles. The van der Waals surface area contributed by atoms with Crippen molar-refractivity contribution < 1.29 is 13.5 Å². The summed E-state index contributed by atoms with van der Waals surface area (Å²) in [6.07, 6.45) is 4.74. The van der Waals surface area contributed by atoms with Gasteiger partial charge in [-0.25, -0.2) is 0 Å². The van der Waals surface area contributed by atoms with Crippen LogP contribution in [0.2, 0.25) is 0 Å². The number of aliphatic hydroxyl groups is 1. The molecule has 1 N–H and O–H groups in total. The molecule has 0 amide bonds. The second-order valence-corrected chi connectivity index (χ2v) is 7.44. The lowest BCUT2D eigenvalue weighted by Gasteiger charge is -2.39. The smallest absolute Gasteiger partial charge is 0.282 e. The van der Waals surface area contributed by atoms with Crippen LogP contribution in [0.3, 0.4) is 0 Å². The van der Waals surface area contributed by atoms with Crippen molar-refractivity contribution in [1.82, 2.24) is 8.61 Å². The molecule has 2 rings (SSSR count). The molecule has 2 heterocycles. The molecule has 0 saturated carbocycles. The Morgan fingerprint density at radius 2 is 1.94 bits per heavy atom. The maximum absolute atomic E-state index is 12.6. The van der Waals surface area contributed by atoms with Crippen molar-refractivity contribution in [3.63, 3.8) is 0 Å². The minimum absolute atomic E-state index is 0.0668. The van der Waals surface area contributed by atoms with Crippen molar-refractivity contribution in [2.45, 2.75) is 45.1 Å². The predicted octanol–water partition coefficient (Wildman–Crippen LogP) is 0.810. The van der Waals surface area contributed by atoms with Gasteiger partial charge in [0, 0.05) is 25.7 Å². The Labute approximate surface area is 110 Å². The fourth-order valence-electron chi connectivity index (χ4n) is 2.96. The van der Waals surface area contributed by atoms with Crippen molar-refractivity contribution in [2.24, 2.45) is 5.92 Å². The van der Waals surface area contributed by atoms with Crippen LogP contribution in [0.25, 0.3) is 0 Å². The van der Waals surface area contributed by atoms with Crippen LogP contribution < -0.4 is 0 Å². The van der Waals surface area contributed by atoms with Gasteiger partial charge in [0.05, 0.1) is 6.61 Å². The van der Waals surface area contributed by atoms with Gasteiger partial charge in [0.2, 0.25) is 0 Å². The molecule has 2 aliphatic heterocycles. The van der Waals surface area contributed by atoms with E-state index in [2.05, 4.69) is 6.92 Å². The Balaban J connectivity index is 2.13. The average molecular weight is 276 g/mol. The largest absolute Gasteiger partial charge is 0.395 e. The van der Waals surface area contributed by atoms with Crippen molar-refractivity contribution in [3.05, 3.63) is 0 Å². The van der Waals surface area contributed by atoms with E-state index in [1.54, 1.807) is 4.31 Å². The molecule has 2 aliphatic rings. The van der Waals surface area contributed by atoms with Crippen LogP contribution in [0.1, 0.15) is 39.0 Å². The summed E-state index contributed by atoms with van der Waals surface area (Å²) in [5.41, 5.74) is 0. The molecule has 0 radical (unpaired) electrons. The molecular formula is C12H24N2O3S. The van der Waals surface area contributed by atoms with E-state index in [4.69, 9.17) is 0 Å². The number of rotatable bonds is 3. The summed E-state index contributed by atoms with van der Waals surface area (Å²) < 4.78 is 28.3. The minimum atomic E-state index is -3.37. The van der Waals surface area contributed by atoms with E-state index >= 15 is 0 Å². The van der Waals surface area contributed by atoms with Gasteiger partial charge in [-0.05, 0) is 31.6 Å². The number of hydrogen-bond acceptors (Lipinski definition) is 3. The summed E-state index contributed by atoms with van der Waals surface area (Å²) in [5, 5.41) is 9.35. The van der Waals surface area contributed by atoms with Crippen LogP contribution in [0.15, 0.2) is 0 Å². The van der Waals surface area contributed by atoms with E-state index in [1.807, 2.05) is 0 Å². The third kappa shape index (κ3) is 2.87. The second-order valence-electron chi connectivity index (χ2n) is 5.56. The molecule has 0 bridgehead atoms. The first-order valence-electron chi connectivity index (χ1n) is 6.93. The topological polar surface area (TPSA) is 60.9 Å². The highest BCUT2D eigenvalue weighted by molar-refractivity contribution is 7.86. The average Bonchev–Trinajstić information content (AvgIpc) is 2.38. The van der Waals surface area contributed by atoms with E-state index in [0.29, 0.717) is 25.6 Å². The normalized spacial score (nSPS) is 32.6. The van der Waals surface area contributed by atoms with Crippen molar-refractivity contribution >= 4 is 10.2 Å². The lowest BCUT2D eigenvalue weighted by Crippen LogP contribution is -2.53. The highest BCUT2D eigenvalue weighted by Gasteiger charge is 2.37. The molecule has 0 aliphatic carbocycles. The SMILES string of the molecule is CC1CCCN(S(=O)(=O)N2CCCCC2CO)C1. The van der Waals surface area contributed by atoms with Crippen LogP contribution in [0.4, 0.5) is 0 Å². The monoisotopic (exact) mass is 276 g/mol. The highest BCUT2D eigenvalue weighted by Crippen LogP contribution is 2.26. The standard InChI is InChI=1S/C12H24N2O3S/c1-11-5-4-7-13(9-11)18(16,17)14-8-3-2-6-12(14)10-15/h11-12,15H,2-10H2,1H3. The van der Waals surface area contributed by atoms with E-state index < -0.39 is 10.2 Å². The van der Waals surface area contributed by atoms with Crippen molar-refractivity contribution in [1.29, 1.82) is 0 Å². The van der Waals surface area contributed by atoms with E-state index in [0.717, 1.165) is 32.1 Å². The van der Waals surface area contributed by atoms with E-state index in [1.165, 1.54) is 4.31 Å². The summed E-state index contributed by atoms with van der Waals surface area (Å²) in [6, 6.07) is -0.221. The predicted molar refractivity (Wildman–Crippen MR) is 70.3 cm³/mol. The summed E-state index contributed by atoms with van der Waals surface area (Å²) in [6.45, 7) is 3.83. The molecule has 106 valence electrons. The quantitative estimate of drug-likeness (QED) is 0.830. The molecule has 5 nitrogen and oxygen atoms in total. The third-order valence-electron chi connectivity index (χ3n) is 4.03. The van der Waals surface area contributed by atoms with Crippen molar-refractivity contribution in [2.75, 3.05) is 26.2 Å². The first kappa shape index (κ1) is 14.2. The van der Waals surface area contributed by atoms with Gasteiger partial charge in [-0.1, -0.05) is 13.3 Å². The van der Waals surface area contributed by atoms with E-state index in [-0.39, 0.29) is 12.6 Å². The molecule has 2 unspecified atom stereocenters. The summed E-state index contributed by atoms with van der Waals surface area (Å²) in [4.78, 5) is 0. The minimum Gasteiger partial charge on any atom is -0.395 e. The molecular weight excluding hydrogens is 252 g/mol. The van der Waals surface area contributed by atoms with Gasteiger partial charge < -0.3 is 5.11 Å². The maximum atomic E-state index is 12.6. The van der Waals surface area contributed by atoms with Crippen LogP contribution in [-0.4, -0.2) is 54.4 Å². The lowest BCUT2D eigenvalue weighted by atomic mass is 10.0. The molecule has 2 atom stereocenters. The number of piperidine rings is 2. The third-order valence-corrected chi connectivity index (χ3v) is 6.08. The van der Waals surface area contributed by atoms with Crippen LogP contribution >= 0.6 is 0 Å². The number of hydrogen-bond donors (Lipinski definition) is 1. The van der Waals surface area contributed by atoms with Crippen LogP contribution in [0, 0.1) is 5.92 Å². The van der Waals surface area contributed by atoms with Gasteiger partial charge in [-0.2, -0.15) is 17.0 Å².